The van der Waals surface area contributed by atoms with Gasteiger partial charge in [0.1, 0.15) is 11.9 Å². The van der Waals surface area contributed by atoms with Crippen LogP contribution in [0.1, 0.15) is 74.3 Å². The van der Waals surface area contributed by atoms with Gasteiger partial charge in [0, 0.05) is 18.8 Å². The second-order valence-corrected chi connectivity index (χ2v) is 11.9. The maximum atomic E-state index is 13.5. The minimum atomic E-state index is -5.13. The number of carboxylic acid groups (broad SMARTS) is 1. The molecule has 1 amide bonds. The molecule has 1 aliphatic heterocycles. The number of hydrogen-bond donors (Lipinski definition) is 1. The fraction of sp³-hybridized carbons (Fsp3) is 0.548. The van der Waals surface area contributed by atoms with Gasteiger partial charge < -0.3 is 19.5 Å². The lowest BCUT2D eigenvalue weighted by atomic mass is 9.81. The topological polar surface area (TPSA) is 79.3 Å². The first kappa shape index (κ1) is 36.0. The summed E-state index contributed by atoms with van der Waals surface area (Å²) in [5.74, 6) is -1.86. The number of aliphatic carboxylic acids is 1. The van der Waals surface area contributed by atoms with E-state index in [1.807, 2.05) is 11.8 Å². The maximum absolute atomic E-state index is 13.5. The highest BCUT2D eigenvalue weighted by molar-refractivity contribution is 5.72. The Morgan fingerprint density at radius 1 is 0.957 bits per heavy atom. The molecule has 1 N–H and O–H groups in total. The molecular weight excluding hydrogens is 651 g/mol. The SMILES string of the molecule is CCCN(CC1CCC(C(=O)O)CC1)c1ccc(OC(F)(F)F)cc1CN1C(=O)O[C@H](c2cc(C(F)(F)F)cc(C(F)(F)F)c2)[C@@H]1C. The first-order valence-corrected chi connectivity index (χ1v) is 14.9. The molecular formula is C31H33F9N2O5. The van der Waals surface area contributed by atoms with Crippen molar-refractivity contribution in [3.05, 3.63) is 58.7 Å². The zero-order chi connectivity index (χ0) is 34.9. The molecule has 7 nitrogen and oxygen atoms in total. The van der Waals surface area contributed by atoms with Crippen molar-refractivity contribution in [3.8, 4) is 5.75 Å². The number of amides is 1. The summed E-state index contributed by atoms with van der Waals surface area (Å²) >= 11 is 0. The van der Waals surface area contributed by atoms with E-state index >= 15 is 0 Å². The van der Waals surface area contributed by atoms with Gasteiger partial charge in [0.2, 0.25) is 0 Å². The molecule has 0 radical (unpaired) electrons. The molecule has 1 heterocycles. The first-order valence-electron chi connectivity index (χ1n) is 14.9. The lowest BCUT2D eigenvalue weighted by Crippen LogP contribution is -2.35. The molecule has 2 atom stereocenters. The van der Waals surface area contributed by atoms with Crippen molar-refractivity contribution in [2.75, 3.05) is 18.0 Å². The third-order valence-corrected chi connectivity index (χ3v) is 8.46. The number of hydrogen-bond acceptors (Lipinski definition) is 5. The van der Waals surface area contributed by atoms with Crippen molar-refractivity contribution >= 4 is 17.7 Å². The molecule has 260 valence electrons. The molecule has 1 saturated heterocycles. The second kappa shape index (κ2) is 13.7. The number of alkyl halides is 9. The highest BCUT2D eigenvalue weighted by atomic mass is 19.4. The minimum Gasteiger partial charge on any atom is -0.481 e. The number of carbonyl (C=O) groups is 2. The Labute approximate surface area is 264 Å². The Kier molecular flexibility index (Phi) is 10.5. The first-order chi connectivity index (χ1) is 21.8. The fourth-order valence-electron chi connectivity index (χ4n) is 6.16. The van der Waals surface area contributed by atoms with Gasteiger partial charge in [0.05, 0.1) is 29.6 Å². The Morgan fingerprint density at radius 3 is 2.06 bits per heavy atom. The maximum Gasteiger partial charge on any atom is 0.573 e. The fourth-order valence-corrected chi connectivity index (χ4v) is 6.16. The summed E-state index contributed by atoms with van der Waals surface area (Å²) in [5, 5.41) is 9.34. The van der Waals surface area contributed by atoms with Crippen molar-refractivity contribution in [1.29, 1.82) is 0 Å². The number of carboxylic acids is 1. The molecule has 2 aliphatic rings. The van der Waals surface area contributed by atoms with Crippen LogP contribution in [-0.2, 0) is 28.4 Å². The van der Waals surface area contributed by atoms with Gasteiger partial charge in [-0.15, -0.1) is 13.2 Å². The molecule has 47 heavy (non-hydrogen) atoms. The Balaban J connectivity index is 1.67. The molecule has 16 heteroatoms. The van der Waals surface area contributed by atoms with Crippen molar-refractivity contribution in [2.45, 2.75) is 83.4 Å². The lowest BCUT2D eigenvalue weighted by molar-refractivity contribution is -0.274. The van der Waals surface area contributed by atoms with Gasteiger partial charge in [-0.3, -0.25) is 9.69 Å². The molecule has 0 bridgehead atoms. The highest BCUT2D eigenvalue weighted by Crippen LogP contribution is 2.42. The van der Waals surface area contributed by atoms with Gasteiger partial charge in [-0.2, -0.15) is 26.3 Å². The Bertz CT molecular complexity index is 1400. The standard InChI is InChI=1S/C31H33F9N2O5/c1-3-10-41(15-18-4-6-19(7-5-18)27(43)44)25-9-8-24(47-31(38,39)40)13-21(25)16-42-17(2)26(46-28(42)45)20-11-22(29(32,33)34)14-23(12-20)30(35,36)37/h8-9,11-14,17-19,26H,3-7,10,15-16H2,1-2H3,(H,43,44)/t17-,18?,19?,26-/m0/s1. The zero-order valence-corrected chi connectivity index (χ0v) is 25.3. The van der Waals surface area contributed by atoms with E-state index in [0.29, 0.717) is 63.0 Å². The van der Waals surface area contributed by atoms with Crippen molar-refractivity contribution in [1.82, 2.24) is 4.90 Å². The van der Waals surface area contributed by atoms with Crippen LogP contribution in [-0.4, -0.2) is 47.6 Å². The van der Waals surface area contributed by atoms with Crippen molar-refractivity contribution in [2.24, 2.45) is 11.8 Å². The number of cyclic esters (lactones) is 1. The van der Waals surface area contributed by atoms with E-state index in [2.05, 4.69) is 4.74 Å². The van der Waals surface area contributed by atoms with Gasteiger partial charge in [-0.05, 0) is 92.5 Å². The summed E-state index contributed by atoms with van der Waals surface area (Å²) in [6.45, 7) is 3.70. The molecule has 1 saturated carbocycles. The predicted molar refractivity (Wildman–Crippen MR) is 149 cm³/mol. The average Bonchev–Trinajstić information content (AvgIpc) is 3.24. The molecule has 0 unspecified atom stereocenters. The molecule has 0 spiro atoms. The number of benzene rings is 2. The van der Waals surface area contributed by atoms with E-state index in [-0.39, 0.29) is 17.5 Å². The summed E-state index contributed by atoms with van der Waals surface area (Å²) in [4.78, 5) is 27.4. The summed E-state index contributed by atoms with van der Waals surface area (Å²) in [6.07, 6.45) is -15.2. The van der Waals surface area contributed by atoms with Crippen LogP contribution in [0.15, 0.2) is 36.4 Å². The normalized spacial score (nSPS) is 22.3. The highest BCUT2D eigenvalue weighted by Gasteiger charge is 2.44. The van der Waals surface area contributed by atoms with E-state index in [1.165, 1.54) is 13.0 Å². The van der Waals surface area contributed by atoms with Crippen molar-refractivity contribution < 1.29 is 63.7 Å². The number of ether oxygens (including phenoxy) is 2. The largest absolute Gasteiger partial charge is 0.573 e. The molecule has 4 rings (SSSR count). The summed E-state index contributed by atoms with van der Waals surface area (Å²) in [6, 6.07) is 3.34. The van der Waals surface area contributed by atoms with E-state index in [0.717, 1.165) is 17.0 Å². The molecule has 2 aromatic rings. The number of rotatable bonds is 10. The average molecular weight is 685 g/mol. The second-order valence-electron chi connectivity index (χ2n) is 11.9. The van der Waals surface area contributed by atoms with E-state index in [9.17, 15) is 54.2 Å². The Morgan fingerprint density at radius 2 is 1.55 bits per heavy atom. The number of halogens is 9. The van der Waals surface area contributed by atoms with Gasteiger partial charge in [-0.25, -0.2) is 4.79 Å². The zero-order valence-electron chi connectivity index (χ0n) is 25.3. The van der Waals surface area contributed by atoms with Crippen LogP contribution in [0, 0.1) is 11.8 Å². The summed E-state index contributed by atoms with van der Waals surface area (Å²) in [5.41, 5.74) is -3.12. The predicted octanol–water partition coefficient (Wildman–Crippen LogP) is 8.81. The third-order valence-electron chi connectivity index (χ3n) is 8.46. The third kappa shape index (κ3) is 8.95. The monoisotopic (exact) mass is 684 g/mol. The van der Waals surface area contributed by atoms with Crippen LogP contribution in [0.2, 0.25) is 0 Å². The van der Waals surface area contributed by atoms with Gasteiger partial charge in [0.15, 0.2) is 0 Å². The van der Waals surface area contributed by atoms with Crippen LogP contribution in [0.5, 0.6) is 5.75 Å². The molecule has 2 aromatic carbocycles. The minimum absolute atomic E-state index is 0.0441. The summed E-state index contributed by atoms with van der Waals surface area (Å²) < 4.78 is 130. The molecule has 2 fully saturated rings. The van der Waals surface area contributed by atoms with Crippen LogP contribution in [0.25, 0.3) is 0 Å². The van der Waals surface area contributed by atoms with Crippen LogP contribution < -0.4 is 9.64 Å². The van der Waals surface area contributed by atoms with Gasteiger partial charge in [-0.1, -0.05) is 6.92 Å². The van der Waals surface area contributed by atoms with E-state index in [4.69, 9.17) is 4.74 Å². The van der Waals surface area contributed by atoms with E-state index < -0.39 is 77.8 Å². The number of anilines is 1. The van der Waals surface area contributed by atoms with Crippen LogP contribution in [0.4, 0.5) is 50.0 Å². The lowest BCUT2D eigenvalue weighted by Gasteiger charge is -2.34. The van der Waals surface area contributed by atoms with Crippen molar-refractivity contribution in [3.63, 3.8) is 0 Å². The summed E-state index contributed by atoms with van der Waals surface area (Å²) in [7, 11) is 0. The molecule has 0 aromatic heterocycles. The number of nitrogens with zero attached hydrogens (tertiary/aromatic N) is 2. The van der Waals surface area contributed by atoms with E-state index in [1.54, 1.807) is 0 Å². The van der Waals surface area contributed by atoms with Crippen LogP contribution in [0.3, 0.4) is 0 Å². The number of carbonyl (C=O) groups excluding carboxylic acids is 1. The smallest absolute Gasteiger partial charge is 0.481 e. The quantitative estimate of drug-likeness (QED) is 0.252. The van der Waals surface area contributed by atoms with Crippen LogP contribution >= 0.6 is 0 Å². The molecule has 1 aliphatic carbocycles. The van der Waals surface area contributed by atoms with Gasteiger partial charge >= 0.3 is 30.8 Å². The van der Waals surface area contributed by atoms with Gasteiger partial charge in [0.25, 0.3) is 0 Å². The Hall–Kier alpha value is -3.85.